The Morgan fingerprint density at radius 3 is 2.90 bits per heavy atom. The second-order valence-electron chi connectivity index (χ2n) is 4.55. The Hall–Kier alpha value is -2.47. The van der Waals surface area contributed by atoms with Crippen molar-refractivity contribution in [3.05, 3.63) is 63.2 Å². The topological polar surface area (TPSA) is 64.0 Å². The first kappa shape index (κ1) is 13.5. The van der Waals surface area contributed by atoms with Crippen molar-refractivity contribution in [2.24, 2.45) is 0 Å². The zero-order valence-corrected chi connectivity index (χ0v) is 12.0. The van der Waals surface area contributed by atoms with Crippen molar-refractivity contribution in [3.8, 4) is 0 Å². The van der Waals surface area contributed by atoms with E-state index < -0.39 is 0 Å². The maximum absolute atomic E-state index is 12.2. The molecule has 0 aliphatic heterocycles. The maximum Gasteiger partial charge on any atom is 0.275 e. The largest absolute Gasteiger partial charge is 0.350 e. The van der Waals surface area contributed by atoms with Gasteiger partial charge in [0.25, 0.3) is 5.56 Å². The number of hydrogen-bond donors (Lipinski definition) is 1. The van der Waals surface area contributed by atoms with Gasteiger partial charge in [0.05, 0.1) is 18.1 Å². The van der Waals surface area contributed by atoms with Crippen molar-refractivity contribution in [1.82, 2.24) is 15.1 Å². The summed E-state index contributed by atoms with van der Waals surface area (Å²) in [6, 6.07) is 11.1. The molecule has 1 amide bonds. The van der Waals surface area contributed by atoms with Gasteiger partial charge in [-0.25, -0.2) is 4.68 Å². The highest BCUT2D eigenvalue weighted by molar-refractivity contribution is 7.09. The van der Waals surface area contributed by atoms with Crippen molar-refractivity contribution < 1.29 is 4.79 Å². The summed E-state index contributed by atoms with van der Waals surface area (Å²) in [6.07, 6.45) is 1.60. The van der Waals surface area contributed by atoms with E-state index in [2.05, 4.69) is 10.4 Å². The van der Waals surface area contributed by atoms with E-state index in [9.17, 15) is 9.59 Å². The number of carbonyl (C=O) groups excluding carboxylic acids is 1. The Balaban J connectivity index is 1.74. The molecule has 0 fully saturated rings. The quantitative estimate of drug-likeness (QED) is 0.798. The first-order valence-corrected chi connectivity index (χ1v) is 7.36. The van der Waals surface area contributed by atoms with Crippen LogP contribution < -0.4 is 10.9 Å². The van der Waals surface area contributed by atoms with E-state index in [0.29, 0.717) is 11.9 Å². The first-order valence-electron chi connectivity index (χ1n) is 6.48. The van der Waals surface area contributed by atoms with E-state index in [4.69, 9.17) is 0 Å². The number of aromatic nitrogens is 2. The number of hydrogen-bond acceptors (Lipinski definition) is 4. The van der Waals surface area contributed by atoms with Crippen molar-refractivity contribution in [3.63, 3.8) is 0 Å². The van der Waals surface area contributed by atoms with Crippen molar-refractivity contribution >= 4 is 28.0 Å². The average Bonchev–Trinajstić information content (AvgIpc) is 3.02. The van der Waals surface area contributed by atoms with Crippen molar-refractivity contribution in [1.29, 1.82) is 0 Å². The molecule has 0 spiro atoms. The molecule has 0 saturated carbocycles. The molecule has 0 bridgehead atoms. The number of carbonyl (C=O) groups is 1. The number of rotatable bonds is 4. The molecule has 0 aliphatic rings. The fourth-order valence-corrected chi connectivity index (χ4v) is 2.68. The van der Waals surface area contributed by atoms with Crippen molar-refractivity contribution in [2.75, 3.05) is 0 Å². The molecule has 0 atom stereocenters. The SMILES string of the molecule is O=C(Cn1ncc2ccccc2c1=O)NCc1cccs1. The molecule has 6 heteroatoms. The maximum atomic E-state index is 12.2. The van der Waals surface area contributed by atoms with Gasteiger partial charge in [0.15, 0.2) is 0 Å². The summed E-state index contributed by atoms with van der Waals surface area (Å²) in [6.45, 7) is 0.397. The molecule has 0 aliphatic carbocycles. The lowest BCUT2D eigenvalue weighted by Gasteiger charge is -2.06. The summed E-state index contributed by atoms with van der Waals surface area (Å²) < 4.78 is 1.19. The van der Waals surface area contributed by atoms with Gasteiger partial charge in [0.2, 0.25) is 5.91 Å². The van der Waals surface area contributed by atoms with Crippen LogP contribution in [0.5, 0.6) is 0 Å². The van der Waals surface area contributed by atoms with Gasteiger partial charge in [-0.1, -0.05) is 24.3 Å². The molecule has 21 heavy (non-hydrogen) atoms. The third kappa shape index (κ3) is 3.00. The minimum Gasteiger partial charge on any atom is -0.350 e. The van der Waals surface area contributed by atoms with Crippen LogP contribution in [0.25, 0.3) is 10.8 Å². The Labute approximate surface area is 124 Å². The minimum absolute atomic E-state index is 0.0744. The van der Waals surface area contributed by atoms with Gasteiger partial charge in [-0.3, -0.25) is 9.59 Å². The Kier molecular flexibility index (Phi) is 3.79. The molecule has 106 valence electrons. The van der Waals surface area contributed by atoms with Crippen LogP contribution >= 0.6 is 11.3 Å². The lowest BCUT2D eigenvalue weighted by atomic mass is 10.2. The third-order valence-electron chi connectivity index (χ3n) is 3.10. The summed E-state index contributed by atoms with van der Waals surface area (Å²) in [5, 5.41) is 10.1. The number of nitrogens with zero attached hydrogens (tertiary/aromatic N) is 2. The third-order valence-corrected chi connectivity index (χ3v) is 3.97. The van der Waals surface area contributed by atoms with Gasteiger partial charge >= 0.3 is 0 Å². The zero-order valence-electron chi connectivity index (χ0n) is 11.2. The highest BCUT2D eigenvalue weighted by Gasteiger charge is 2.08. The summed E-state index contributed by atoms with van der Waals surface area (Å²) in [4.78, 5) is 25.2. The molecular weight excluding hydrogens is 286 g/mol. The van der Waals surface area contributed by atoms with Crippen LogP contribution in [0.4, 0.5) is 0 Å². The average molecular weight is 299 g/mol. The summed E-state index contributed by atoms with van der Waals surface area (Å²) in [5.41, 5.74) is -0.251. The molecule has 5 nitrogen and oxygen atoms in total. The monoisotopic (exact) mass is 299 g/mol. The van der Waals surface area contributed by atoms with Gasteiger partial charge in [-0.2, -0.15) is 5.10 Å². The second-order valence-corrected chi connectivity index (χ2v) is 5.58. The second kappa shape index (κ2) is 5.88. The standard InChI is InChI=1S/C15H13N3O2S/c19-14(16-9-12-5-3-7-21-12)10-18-15(20)13-6-2-1-4-11(13)8-17-18/h1-8H,9-10H2,(H,16,19). The highest BCUT2D eigenvalue weighted by Crippen LogP contribution is 2.08. The normalized spacial score (nSPS) is 10.7. The molecule has 0 radical (unpaired) electrons. The summed E-state index contributed by atoms with van der Waals surface area (Å²) >= 11 is 1.58. The molecule has 3 aromatic rings. The number of fused-ring (bicyclic) bond motifs is 1. The molecular formula is C15H13N3O2S. The highest BCUT2D eigenvalue weighted by atomic mass is 32.1. The molecule has 1 N–H and O–H groups in total. The van der Waals surface area contributed by atoms with Crippen molar-refractivity contribution in [2.45, 2.75) is 13.1 Å². The Morgan fingerprint density at radius 2 is 2.10 bits per heavy atom. The Bertz CT molecular complexity index is 824. The molecule has 0 saturated heterocycles. The van der Waals surface area contributed by atoms with E-state index in [1.807, 2.05) is 29.6 Å². The molecule has 0 unspecified atom stereocenters. The van der Waals surface area contributed by atoms with E-state index in [-0.39, 0.29) is 18.0 Å². The summed E-state index contributed by atoms with van der Waals surface area (Å²) in [5.74, 6) is -0.228. The lowest BCUT2D eigenvalue weighted by Crippen LogP contribution is -2.33. The van der Waals surface area contributed by atoms with E-state index in [1.165, 1.54) is 4.68 Å². The van der Waals surface area contributed by atoms with E-state index >= 15 is 0 Å². The molecule has 2 aromatic heterocycles. The number of amides is 1. The van der Waals surface area contributed by atoms with E-state index in [1.54, 1.807) is 29.7 Å². The Morgan fingerprint density at radius 1 is 1.24 bits per heavy atom. The predicted octanol–water partition coefficient (Wildman–Crippen LogP) is 1.77. The lowest BCUT2D eigenvalue weighted by molar-refractivity contribution is -0.122. The van der Waals surface area contributed by atoms with Crippen LogP contribution in [-0.2, 0) is 17.9 Å². The predicted molar refractivity (Wildman–Crippen MR) is 82.2 cm³/mol. The number of thiophene rings is 1. The van der Waals surface area contributed by atoms with Gasteiger partial charge in [-0.15, -0.1) is 11.3 Å². The molecule has 1 aromatic carbocycles. The first-order chi connectivity index (χ1) is 10.2. The van der Waals surface area contributed by atoms with Crippen LogP contribution in [0, 0.1) is 0 Å². The van der Waals surface area contributed by atoms with Crippen LogP contribution in [0.15, 0.2) is 52.8 Å². The fraction of sp³-hybridized carbons (Fsp3) is 0.133. The molecule has 3 rings (SSSR count). The minimum atomic E-state index is -0.251. The van der Waals surface area contributed by atoms with Gasteiger partial charge in [0, 0.05) is 10.3 Å². The van der Waals surface area contributed by atoms with Crippen LogP contribution in [0.3, 0.4) is 0 Å². The number of benzene rings is 1. The van der Waals surface area contributed by atoms with Crippen LogP contribution in [-0.4, -0.2) is 15.7 Å². The van der Waals surface area contributed by atoms with Crippen LogP contribution in [0.2, 0.25) is 0 Å². The van der Waals surface area contributed by atoms with Crippen LogP contribution in [0.1, 0.15) is 4.88 Å². The zero-order chi connectivity index (χ0) is 14.7. The smallest absolute Gasteiger partial charge is 0.275 e. The summed E-state index contributed by atoms with van der Waals surface area (Å²) in [7, 11) is 0. The number of nitrogens with one attached hydrogen (secondary N) is 1. The van der Waals surface area contributed by atoms with E-state index in [0.717, 1.165) is 10.3 Å². The molecule has 2 heterocycles. The fourth-order valence-electron chi connectivity index (χ4n) is 2.03. The van der Waals surface area contributed by atoms with Gasteiger partial charge in [0.1, 0.15) is 6.54 Å². The van der Waals surface area contributed by atoms with Gasteiger partial charge < -0.3 is 5.32 Å². The van der Waals surface area contributed by atoms with Gasteiger partial charge in [-0.05, 0) is 17.5 Å².